The predicted molar refractivity (Wildman–Crippen MR) is 124 cm³/mol. The summed E-state index contributed by atoms with van der Waals surface area (Å²) in [4.78, 5) is 51.0. The van der Waals surface area contributed by atoms with Crippen LogP contribution in [-0.2, 0) is 19.1 Å². The Labute approximate surface area is 194 Å². The quantitative estimate of drug-likeness (QED) is 0.569. The molecule has 0 fully saturated rings. The van der Waals surface area contributed by atoms with Gasteiger partial charge in [-0.15, -0.1) is 0 Å². The van der Waals surface area contributed by atoms with Gasteiger partial charge in [0.05, 0.1) is 11.4 Å². The van der Waals surface area contributed by atoms with Crippen LogP contribution in [0.2, 0.25) is 5.02 Å². The van der Waals surface area contributed by atoms with Crippen molar-refractivity contribution in [2.24, 2.45) is 0 Å². The highest BCUT2D eigenvalue weighted by Gasteiger charge is 2.29. The van der Waals surface area contributed by atoms with Crippen molar-refractivity contribution in [2.45, 2.75) is 12.5 Å². The Bertz CT molecular complexity index is 1010. The van der Waals surface area contributed by atoms with Crippen molar-refractivity contribution in [3.8, 4) is 0 Å². The summed E-state index contributed by atoms with van der Waals surface area (Å²) >= 11 is 7.36. The van der Waals surface area contributed by atoms with E-state index in [0.29, 0.717) is 34.1 Å². The normalized spacial score (nSPS) is 13.6. The number of rotatable bonds is 8. The lowest BCUT2D eigenvalue weighted by atomic mass is 10.1. The van der Waals surface area contributed by atoms with E-state index in [0.717, 1.165) is 0 Å². The van der Waals surface area contributed by atoms with Crippen LogP contribution in [0.4, 0.5) is 11.4 Å². The van der Waals surface area contributed by atoms with Crippen LogP contribution in [-0.4, -0.2) is 54.9 Å². The van der Waals surface area contributed by atoms with Crippen molar-refractivity contribution in [3.63, 3.8) is 0 Å². The average molecular weight is 476 g/mol. The lowest BCUT2D eigenvalue weighted by Gasteiger charge is -2.29. The first-order chi connectivity index (χ1) is 15.4. The number of para-hydroxylation sites is 2. The zero-order valence-corrected chi connectivity index (χ0v) is 18.9. The Morgan fingerprint density at radius 1 is 1.19 bits per heavy atom. The lowest BCUT2D eigenvalue weighted by molar-refractivity contribution is -0.149. The molecule has 2 N–H and O–H groups in total. The van der Waals surface area contributed by atoms with Crippen LogP contribution in [0.5, 0.6) is 0 Å². The predicted octanol–water partition coefficient (Wildman–Crippen LogP) is 2.72. The van der Waals surface area contributed by atoms with Gasteiger partial charge in [-0.2, -0.15) is 11.8 Å². The average Bonchev–Trinajstić information content (AvgIpc) is 2.79. The van der Waals surface area contributed by atoms with Crippen LogP contribution in [0.15, 0.2) is 48.5 Å². The second-order valence-electron chi connectivity index (χ2n) is 6.97. The highest BCUT2D eigenvalue weighted by molar-refractivity contribution is 7.98. The van der Waals surface area contributed by atoms with E-state index in [1.807, 2.05) is 6.26 Å². The second-order valence-corrected chi connectivity index (χ2v) is 8.39. The van der Waals surface area contributed by atoms with Crippen LogP contribution in [0.3, 0.4) is 0 Å². The van der Waals surface area contributed by atoms with Crippen molar-refractivity contribution in [1.82, 2.24) is 5.32 Å². The zero-order chi connectivity index (χ0) is 23.1. The Morgan fingerprint density at radius 3 is 2.62 bits per heavy atom. The van der Waals surface area contributed by atoms with E-state index in [4.69, 9.17) is 16.3 Å². The minimum Gasteiger partial charge on any atom is -0.454 e. The Kier molecular flexibility index (Phi) is 8.13. The Hall–Kier alpha value is -3.04. The first kappa shape index (κ1) is 23.6. The number of nitrogens with zero attached hydrogens (tertiary/aromatic N) is 1. The maximum absolute atomic E-state index is 12.7. The third-order valence-electron chi connectivity index (χ3n) is 4.72. The highest BCUT2D eigenvalue weighted by Crippen LogP contribution is 2.28. The number of thioether (sulfide) groups is 1. The summed E-state index contributed by atoms with van der Waals surface area (Å²) in [6.45, 7) is -0.719. The van der Waals surface area contributed by atoms with Gasteiger partial charge >= 0.3 is 5.97 Å². The van der Waals surface area contributed by atoms with Crippen molar-refractivity contribution in [2.75, 3.05) is 35.4 Å². The Balaban J connectivity index is 1.63. The number of ether oxygens (including phenoxy) is 1. The molecule has 2 aromatic carbocycles. The zero-order valence-electron chi connectivity index (χ0n) is 17.3. The number of hydrogen-bond acceptors (Lipinski definition) is 6. The van der Waals surface area contributed by atoms with E-state index in [1.165, 1.54) is 16.7 Å². The molecule has 3 rings (SSSR count). The summed E-state index contributed by atoms with van der Waals surface area (Å²) in [7, 11) is 0. The fraction of sp³-hybridized carbons (Fsp3) is 0.273. The first-order valence-electron chi connectivity index (χ1n) is 9.80. The van der Waals surface area contributed by atoms with Crippen molar-refractivity contribution in [3.05, 3.63) is 59.1 Å². The molecule has 0 saturated carbocycles. The van der Waals surface area contributed by atoms with Gasteiger partial charge in [0.25, 0.3) is 11.8 Å². The minimum absolute atomic E-state index is 0.170. The molecular formula is C22H22ClN3O5S. The molecule has 10 heteroatoms. The summed E-state index contributed by atoms with van der Waals surface area (Å²) in [5, 5.41) is 5.84. The van der Waals surface area contributed by atoms with Crippen LogP contribution in [0.25, 0.3) is 0 Å². The van der Waals surface area contributed by atoms with Crippen LogP contribution < -0.4 is 15.5 Å². The molecule has 2 aromatic rings. The monoisotopic (exact) mass is 475 g/mol. The number of carbonyl (C=O) groups is 4. The molecule has 0 radical (unpaired) electrons. The first-order valence-corrected chi connectivity index (χ1v) is 11.6. The molecule has 32 heavy (non-hydrogen) atoms. The number of fused-ring (bicyclic) bond motifs is 1. The largest absolute Gasteiger partial charge is 0.454 e. The number of nitrogens with one attached hydrogen (secondary N) is 2. The fourth-order valence-corrected chi connectivity index (χ4v) is 3.69. The minimum atomic E-state index is -0.921. The maximum atomic E-state index is 12.7. The van der Waals surface area contributed by atoms with Crippen LogP contribution in [0.1, 0.15) is 16.8 Å². The number of anilines is 2. The standard InChI is InChI=1S/C22H22ClN3O5S/c1-32-11-10-17(25-21(29)14-6-8-15(23)9-7-14)22(30)31-13-20(28)26-12-19(27)24-16-4-2-3-5-18(16)26/h2-9,17H,10-13H2,1H3,(H,24,27)(H,25,29). The van der Waals surface area contributed by atoms with E-state index in [9.17, 15) is 19.2 Å². The molecule has 0 spiro atoms. The summed E-state index contributed by atoms with van der Waals surface area (Å²) < 4.78 is 5.22. The molecule has 1 aliphatic heterocycles. The van der Waals surface area contributed by atoms with Gasteiger partial charge in [0.15, 0.2) is 6.61 Å². The summed E-state index contributed by atoms with van der Waals surface area (Å²) in [6, 6.07) is 12.2. The van der Waals surface area contributed by atoms with E-state index in [-0.39, 0.29) is 12.5 Å². The topological polar surface area (TPSA) is 105 Å². The smallest absolute Gasteiger partial charge is 0.329 e. The van der Waals surface area contributed by atoms with Gasteiger partial charge in [-0.1, -0.05) is 23.7 Å². The second kappa shape index (κ2) is 11.0. The van der Waals surface area contributed by atoms with E-state index >= 15 is 0 Å². The summed E-state index contributed by atoms with van der Waals surface area (Å²) in [5.41, 5.74) is 1.39. The molecular weight excluding hydrogens is 454 g/mol. The van der Waals surface area contributed by atoms with E-state index < -0.39 is 30.4 Å². The van der Waals surface area contributed by atoms with Crippen LogP contribution >= 0.6 is 23.4 Å². The summed E-state index contributed by atoms with van der Waals surface area (Å²) in [6.07, 6.45) is 2.22. The van der Waals surface area contributed by atoms with E-state index in [2.05, 4.69) is 10.6 Å². The van der Waals surface area contributed by atoms with Gasteiger partial charge < -0.3 is 15.4 Å². The van der Waals surface area contributed by atoms with Crippen molar-refractivity contribution < 1.29 is 23.9 Å². The molecule has 1 unspecified atom stereocenters. The van der Waals surface area contributed by atoms with Crippen molar-refractivity contribution >= 4 is 58.4 Å². The SMILES string of the molecule is CSCCC(NC(=O)c1ccc(Cl)cc1)C(=O)OCC(=O)N1CC(=O)Nc2ccccc21. The molecule has 0 bridgehead atoms. The number of benzene rings is 2. The number of halogens is 1. The molecule has 1 aliphatic rings. The molecule has 1 atom stereocenters. The van der Waals surface area contributed by atoms with E-state index in [1.54, 1.807) is 48.5 Å². The van der Waals surface area contributed by atoms with Gasteiger partial charge in [0, 0.05) is 10.6 Å². The molecule has 168 valence electrons. The fourth-order valence-electron chi connectivity index (χ4n) is 3.09. The molecule has 0 aromatic heterocycles. The van der Waals surface area contributed by atoms with Gasteiger partial charge in [-0.3, -0.25) is 19.3 Å². The number of carbonyl (C=O) groups excluding carboxylic acids is 4. The molecule has 0 saturated heterocycles. The third kappa shape index (κ3) is 6.02. The van der Waals surface area contributed by atoms with Gasteiger partial charge in [0.2, 0.25) is 5.91 Å². The molecule has 0 aliphatic carbocycles. The number of esters is 1. The van der Waals surface area contributed by atoms with Crippen LogP contribution in [0, 0.1) is 0 Å². The van der Waals surface area contributed by atoms with Gasteiger partial charge in [-0.05, 0) is 54.8 Å². The Morgan fingerprint density at radius 2 is 1.91 bits per heavy atom. The molecule has 1 heterocycles. The lowest BCUT2D eigenvalue weighted by Crippen LogP contribution is -2.46. The maximum Gasteiger partial charge on any atom is 0.329 e. The van der Waals surface area contributed by atoms with Gasteiger partial charge in [0.1, 0.15) is 12.6 Å². The van der Waals surface area contributed by atoms with Crippen molar-refractivity contribution in [1.29, 1.82) is 0 Å². The highest BCUT2D eigenvalue weighted by atomic mass is 35.5. The molecule has 3 amide bonds. The molecule has 8 nitrogen and oxygen atoms in total. The third-order valence-corrected chi connectivity index (χ3v) is 5.61. The number of amides is 3. The number of hydrogen-bond donors (Lipinski definition) is 2. The summed E-state index contributed by atoms with van der Waals surface area (Å²) in [5.74, 6) is -1.43. The van der Waals surface area contributed by atoms with Gasteiger partial charge in [-0.25, -0.2) is 4.79 Å².